The Hall–Kier alpha value is -0.900. The van der Waals surface area contributed by atoms with E-state index in [9.17, 15) is 5.11 Å². The van der Waals surface area contributed by atoms with Crippen LogP contribution in [0.1, 0.15) is 45.4 Å². The number of nitrogens with two attached hydrogens (primary N) is 1. The number of hydrogen-bond donors (Lipinski definition) is 3. The summed E-state index contributed by atoms with van der Waals surface area (Å²) >= 11 is 0. The second-order valence-corrected chi connectivity index (χ2v) is 5.70. The highest BCUT2D eigenvalue weighted by Gasteiger charge is 2.42. The fraction of sp³-hybridized carbons (Fsp3) is 0.846. The summed E-state index contributed by atoms with van der Waals surface area (Å²) in [4.78, 5) is 4.59. The molecule has 0 saturated heterocycles. The van der Waals surface area contributed by atoms with Crippen molar-refractivity contribution in [2.75, 3.05) is 0 Å². The van der Waals surface area contributed by atoms with Gasteiger partial charge in [0, 0.05) is 12.1 Å². The fourth-order valence-electron chi connectivity index (χ4n) is 3.16. The molecule has 2 fully saturated rings. The van der Waals surface area contributed by atoms with Crippen LogP contribution < -0.4 is 5.73 Å². The molecule has 4 nitrogen and oxygen atoms in total. The second kappa shape index (κ2) is 4.77. The predicted molar refractivity (Wildman–Crippen MR) is 69.5 cm³/mol. The second-order valence-electron chi connectivity index (χ2n) is 5.70. The first kappa shape index (κ1) is 12.6. The minimum Gasteiger partial charge on any atom is -0.390 e. The molecule has 0 radical (unpaired) electrons. The normalized spacial score (nSPS) is 39.8. The van der Waals surface area contributed by atoms with Gasteiger partial charge < -0.3 is 16.2 Å². The van der Waals surface area contributed by atoms with E-state index in [0.717, 1.165) is 38.5 Å². The summed E-state index contributed by atoms with van der Waals surface area (Å²) in [5.41, 5.74) is 5.48. The maximum Gasteiger partial charge on any atom is 0.102 e. The molecule has 0 aromatic heterocycles. The van der Waals surface area contributed by atoms with Crippen LogP contribution in [-0.4, -0.2) is 28.8 Å². The number of fused-ring (bicyclic) bond motifs is 2. The van der Waals surface area contributed by atoms with Gasteiger partial charge in [-0.1, -0.05) is 13.3 Å². The maximum absolute atomic E-state index is 10.3. The number of aliphatic imine (C=N–C) groups is 1. The third kappa shape index (κ3) is 2.68. The lowest BCUT2D eigenvalue weighted by molar-refractivity contribution is -0.0529. The van der Waals surface area contributed by atoms with Gasteiger partial charge in [0.2, 0.25) is 0 Å². The van der Waals surface area contributed by atoms with E-state index in [1.54, 1.807) is 0 Å². The van der Waals surface area contributed by atoms with E-state index in [0.29, 0.717) is 11.8 Å². The highest BCUT2D eigenvalue weighted by molar-refractivity contribution is 5.94. The topological polar surface area (TPSA) is 82.5 Å². The van der Waals surface area contributed by atoms with Crippen molar-refractivity contribution in [2.45, 2.75) is 57.1 Å². The third-order valence-electron chi connectivity index (χ3n) is 4.34. The number of rotatable bonds is 3. The average Bonchev–Trinajstić information content (AvgIpc) is 2.32. The smallest absolute Gasteiger partial charge is 0.102 e. The number of nitrogens with one attached hydrogen (secondary N) is 1. The molecule has 0 amide bonds. The minimum atomic E-state index is -0.420. The Kier molecular flexibility index (Phi) is 3.52. The van der Waals surface area contributed by atoms with E-state index < -0.39 is 5.60 Å². The van der Waals surface area contributed by atoms with Crippen molar-refractivity contribution in [3.05, 3.63) is 0 Å². The van der Waals surface area contributed by atoms with Gasteiger partial charge in [0.15, 0.2) is 0 Å². The van der Waals surface area contributed by atoms with Crippen molar-refractivity contribution in [1.82, 2.24) is 0 Å². The van der Waals surface area contributed by atoms with Crippen LogP contribution in [0.5, 0.6) is 0 Å². The van der Waals surface area contributed by atoms with Crippen molar-refractivity contribution in [2.24, 2.45) is 22.6 Å². The van der Waals surface area contributed by atoms with Crippen LogP contribution in [0.15, 0.2) is 4.99 Å². The Morgan fingerprint density at radius 1 is 1.53 bits per heavy atom. The summed E-state index contributed by atoms with van der Waals surface area (Å²) in [7, 11) is 0. The van der Waals surface area contributed by atoms with Gasteiger partial charge in [0.1, 0.15) is 5.84 Å². The molecule has 2 saturated carbocycles. The van der Waals surface area contributed by atoms with Gasteiger partial charge in [-0.25, -0.2) is 0 Å². The molecule has 0 heterocycles. The van der Waals surface area contributed by atoms with E-state index in [1.807, 2.05) is 6.92 Å². The molecule has 0 aromatic carbocycles. The lowest BCUT2D eigenvalue weighted by Gasteiger charge is -2.44. The molecule has 0 aromatic rings. The standard InChI is InChI=1S/C13H23N3O/c1-9(8-14)12(15)16-11-4-6-13(17)5-2-3-10(11)7-13/h8-11,14,17H,2-7H2,1H3,(H2,15,16). The van der Waals surface area contributed by atoms with Crippen molar-refractivity contribution >= 4 is 12.1 Å². The summed E-state index contributed by atoms with van der Waals surface area (Å²) < 4.78 is 0. The van der Waals surface area contributed by atoms with E-state index >= 15 is 0 Å². The minimum absolute atomic E-state index is 0.0700. The van der Waals surface area contributed by atoms with Gasteiger partial charge in [0.25, 0.3) is 0 Å². The zero-order valence-corrected chi connectivity index (χ0v) is 10.5. The fourth-order valence-corrected chi connectivity index (χ4v) is 3.16. The molecular formula is C13H23N3O. The van der Waals surface area contributed by atoms with Crippen LogP contribution in [0, 0.1) is 17.2 Å². The van der Waals surface area contributed by atoms with E-state index in [-0.39, 0.29) is 12.0 Å². The van der Waals surface area contributed by atoms with Crippen LogP contribution in [0.4, 0.5) is 0 Å². The van der Waals surface area contributed by atoms with Gasteiger partial charge in [-0.15, -0.1) is 0 Å². The number of amidine groups is 1. The molecule has 4 heteroatoms. The summed E-state index contributed by atoms with van der Waals surface area (Å²) in [5, 5.41) is 17.5. The first-order chi connectivity index (χ1) is 8.04. The molecule has 96 valence electrons. The Bertz CT molecular complexity index is 329. The lowest BCUT2D eigenvalue weighted by atomic mass is 9.67. The van der Waals surface area contributed by atoms with Crippen molar-refractivity contribution < 1.29 is 5.11 Å². The summed E-state index contributed by atoms with van der Waals surface area (Å²) in [6.07, 6.45) is 7.21. The molecule has 0 spiro atoms. The Balaban J connectivity index is 2.06. The van der Waals surface area contributed by atoms with Crippen molar-refractivity contribution in [1.29, 1.82) is 5.41 Å². The lowest BCUT2D eigenvalue weighted by Crippen LogP contribution is -2.44. The van der Waals surface area contributed by atoms with E-state index in [2.05, 4.69) is 4.99 Å². The van der Waals surface area contributed by atoms with Gasteiger partial charge in [-0.05, 0) is 38.0 Å². The van der Waals surface area contributed by atoms with Crippen molar-refractivity contribution in [3.8, 4) is 0 Å². The van der Waals surface area contributed by atoms with Crippen molar-refractivity contribution in [3.63, 3.8) is 0 Å². The molecule has 0 aliphatic heterocycles. The molecule has 4 N–H and O–H groups in total. The predicted octanol–water partition coefficient (Wildman–Crippen LogP) is 1.71. The van der Waals surface area contributed by atoms with E-state index in [4.69, 9.17) is 11.1 Å². The molecule has 2 rings (SSSR count). The molecular weight excluding hydrogens is 214 g/mol. The molecule has 2 aliphatic carbocycles. The highest BCUT2D eigenvalue weighted by Crippen LogP contribution is 2.43. The summed E-state index contributed by atoms with van der Waals surface area (Å²) in [6.45, 7) is 1.89. The van der Waals surface area contributed by atoms with Crippen LogP contribution >= 0.6 is 0 Å². The van der Waals surface area contributed by atoms with Crippen LogP contribution in [-0.2, 0) is 0 Å². The van der Waals surface area contributed by atoms with Crippen LogP contribution in [0.3, 0.4) is 0 Å². The molecule has 2 bridgehead atoms. The average molecular weight is 237 g/mol. The SMILES string of the molecule is CC(C=N)C(N)=NC1CCC2(O)CCCC1C2. The highest BCUT2D eigenvalue weighted by atomic mass is 16.3. The van der Waals surface area contributed by atoms with E-state index in [1.165, 1.54) is 6.21 Å². The maximum atomic E-state index is 10.3. The monoisotopic (exact) mass is 237 g/mol. The summed E-state index contributed by atoms with van der Waals surface area (Å²) in [6, 6.07) is 0.262. The summed E-state index contributed by atoms with van der Waals surface area (Å²) in [5.74, 6) is 0.986. The molecule has 4 atom stereocenters. The van der Waals surface area contributed by atoms with Gasteiger partial charge in [-0.3, -0.25) is 4.99 Å². The Morgan fingerprint density at radius 2 is 2.29 bits per heavy atom. The number of aliphatic hydroxyl groups is 1. The van der Waals surface area contributed by atoms with Gasteiger partial charge >= 0.3 is 0 Å². The Labute approximate surface area is 103 Å². The largest absolute Gasteiger partial charge is 0.390 e. The first-order valence-corrected chi connectivity index (χ1v) is 6.60. The quantitative estimate of drug-likeness (QED) is 0.516. The third-order valence-corrected chi connectivity index (χ3v) is 4.34. The van der Waals surface area contributed by atoms with Gasteiger partial charge in [-0.2, -0.15) is 0 Å². The molecule has 2 aliphatic rings. The molecule has 17 heavy (non-hydrogen) atoms. The van der Waals surface area contributed by atoms with Gasteiger partial charge in [0.05, 0.1) is 11.6 Å². The first-order valence-electron chi connectivity index (χ1n) is 6.60. The molecule has 4 unspecified atom stereocenters. The Morgan fingerprint density at radius 3 is 3.00 bits per heavy atom. The van der Waals surface area contributed by atoms with Crippen LogP contribution in [0.25, 0.3) is 0 Å². The number of hydrogen-bond acceptors (Lipinski definition) is 3. The zero-order valence-electron chi connectivity index (χ0n) is 10.5. The number of nitrogens with zero attached hydrogens (tertiary/aromatic N) is 1. The van der Waals surface area contributed by atoms with Crippen LogP contribution in [0.2, 0.25) is 0 Å². The zero-order chi connectivity index (χ0) is 12.5.